The Bertz CT molecular complexity index is 463. The van der Waals surface area contributed by atoms with Crippen LogP contribution in [-0.4, -0.2) is 25.1 Å². The highest BCUT2D eigenvalue weighted by Gasteiger charge is 2.16. The maximum Gasteiger partial charge on any atom is 0.261 e. The maximum atomic E-state index is 11.8. The van der Waals surface area contributed by atoms with Gasteiger partial charge in [0.1, 0.15) is 5.75 Å². The molecule has 0 aliphatic heterocycles. The van der Waals surface area contributed by atoms with Gasteiger partial charge in [0.2, 0.25) is 0 Å². The van der Waals surface area contributed by atoms with Crippen LogP contribution in [-0.2, 0) is 11.3 Å². The van der Waals surface area contributed by atoms with Crippen LogP contribution in [0.4, 0.5) is 0 Å². The lowest BCUT2D eigenvalue weighted by atomic mass is 10.2. The predicted molar refractivity (Wildman–Crippen MR) is 82.1 cm³/mol. The molecule has 1 aromatic carbocycles. The SMILES string of the molecule is C=CCNC(=O)C(C)Oc1cccc(Cl)c1CNCC. The number of rotatable bonds is 8. The highest BCUT2D eigenvalue weighted by Crippen LogP contribution is 2.27. The molecule has 5 heteroatoms. The van der Waals surface area contributed by atoms with Gasteiger partial charge in [0.25, 0.3) is 5.91 Å². The van der Waals surface area contributed by atoms with Gasteiger partial charge in [0, 0.05) is 23.7 Å². The summed E-state index contributed by atoms with van der Waals surface area (Å²) < 4.78 is 5.71. The number of amides is 1. The second-order valence-corrected chi connectivity index (χ2v) is 4.70. The van der Waals surface area contributed by atoms with E-state index < -0.39 is 6.10 Å². The molecule has 110 valence electrons. The third-order valence-corrected chi connectivity index (χ3v) is 3.08. The zero-order valence-corrected chi connectivity index (χ0v) is 12.7. The van der Waals surface area contributed by atoms with Crippen molar-refractivity contribution in [3.63, 3.8) is 0 Å². The van der Waals surface area contributed by atoms with E-state index in [1.807, 2.05) is 25.1 Å². The Balaban J connectivity index is 2.77. The number of ether oxygens (including phenoxy) is 1. The van der Waals surface area contributed by atoms with Crippen molar-refractivity contribution in [2.45, 2.75) is 26.5 Å². The molecule has 1 aromatic rings. The van der Waals surface area contributed by atoms with E-state index in [9.17, 15) is 4.79 Å². The Labute approximate surface area is 125 Å². The van der Waals surface area contributed by atoms with Crippen molar-refractivity contribution in [1.82, 2.24) is 10.6 Å². The van der Waals surface area contributed by atoms with Crippen molar-refractivity contribution in [3.05, 3.63) is 41.4 Å². The van der Waals surface area contributed by atoms with Crippen LogP contribution in [0.25, 0.3) is 0 Å². The molecule has 0 aliphatic carbocycles. The van der Waals surface area contributed by atoms with E-state index >= 15 is 0 Å². The number of halogens is 1. The average molecular weight is 297 g/mol. The number of benzene rings is 1. The summed E-state index contributed by atoms with van der Waals surface area (Å²) >= 11 is 6.18. The number of nitrogens with one attached hydrogen (secondary N) is 2. The molecule has 0 aromatic heterocycles. The summed E-state index contributed by atoms with van der Waals surface area (Å²) in [5.41, 5.74) is 0.861. The summed E-state index contributed by atoms with van der Waals surface area (Å²) in [6, 6.07) is 5.43. The van der Waals surface area contributed by atoms with Crippen molar-refractivity contribution in [3.8, 4) is 5.75 Å². The molecule has 1 unspecified atom stereocenters. The topological polar surface area (TPSA) is 50.4 Å². The molecule has 0 saturated heterocycles. The first kappa shape index (κ1) is 16.5. The average Bonchev–Trinajstić information content (AvgIpc) is 2.44. The van der Waals surface area contributed by atoms with Crippen LogP contribution in [0.3, 0.4) is 0 Å². The van der Waals surface area contributed by atoms with Gasteiger partial charge in [0.05, 0.1) is 0 Å². The summed E-state index contributed by atoms with van der Waals surface area (Å²) in [6.07, 6.45) is 1.04. The molecular weight excluding hydrogens is 276 g/mol. The Morgan fingerprint density at radius 2 is 2.30 bits per heavy atom. The number of carbonyl (C=O) groups is 1. The quantitative estimate of drug-likeness (QED) is 0.725. The van der Waals surface area contributed by atoms with Crippen LogP contribution < -0.4 is 15.4 Å². The molecule has 0 bridgehead atoms. The van der Waals surface area contributed by atoms with E-state index in [0.29, 0.717) is 23.9 Å². The van der Waals surface area contributed by atoms with E-state index in [1.165, 1.54) is 0 Å². The Kier molecular flexibility index (Phi) is 7.12. The lowest BCUT2D eigenvalue weighted by molar-refractivity contribution is -0.127. The molecular formula is C15H21ClN2O2. The lowest BCUT2D eigenvalue weighted by Gasteiger charge is -2.18. The van der Waals surface area contributed by atoms with Gasteiger partial charge >= 0.3 is 0 Å². The van der Waals surface area contributed by atoms with Crippen molar-refractivity contribution in [2.75, 3.05) is 13.1 Å². The Morgan fingerprint density at radius 3 is 2.95 bits per heavy atom. The molecule has 0 spiro atoms. The summed E-state index contributed by atoms with van der Waals surface area (Å²) in [6.45, 7) is 9.14. The molecule has 0 fully saturated rings. The van der Waals surface area contributed by atoms with E-state index in [1.54, 1.807) is 13.0 Å². The van der Waals surface area contributed by atoms with Gasteiger partial charge in [0.15, 0.2) is 6.10 Å². The van der Waals surface area contributed by atoms with Gasteiger partial charge < -0.3 is 15.4 Å². The zero-order valence-electron chi connectivity index (χ0n) is 11.9. The Hall–Kier alpha value is -1.52. The van der Waals surface area contributed by atoms with Crippen molar-refractivity contribution in [1.29, 1.82) is 0 Å². The smallest absolute Gasteiger partial charge is 0.261 e. The largest absolute Gasteiger partial charge is 0.481 e. The molecule has 4 nitrogen and oxygen atoms in total. The van der Waals surface area contributed by atoms with Crippen LogP contribution >= 0.6 is 11.6 Å². The third kappa shape index (κ3) is 4.87. The molecule has 1 amide bonds. The minimum atomic E-state index is -0.589. The Morgan fingerprint density at radius 1 is 1.55 bits per heavy atom. The molecule has 20 heavy (non-hydrogen) atoms. The fourth-order valence-corrected chi connectivity index (χ4v) is 1.86. The van der Waals surface area contributed by atoms with E-state index in [2.05, 4.69) is 17.2 Å². The van der Waals surface area contributed by atoms with E-state index in [4.69, 9.17) is 16.3 Å². The van der Waals surface area contributed by atoms with Gasteiger partial charge in [-0.2, -0.15) is 0 Å². The summed E-state index contributed by atoms with van der Waals surface area (Å²) in [4.78, 5) is 11.8. The van der Waals surface area contributed by atoms with Gasteiger partial charge in [-0.15, -0.1) is 6.58 Å². The normalized spacial score (nSPS) is 11.8. The highest BCUT2D eigenvalue weighted by molar-refractivity contribution is 6.31. The van der Waals surface area contributed by atoms with Gasteiger partial charge in [-0.05, 0) is 25.6 Å². The first-order valence-corrected chi connectivity index (χ1v) is 7.01. The molecule has 0 heterocycles. The second-order valence-electron chi connectivity index (χ2n) is 4.29. The summed E-state index contributed by atoms with van der Waals surface area (Å²) in [5, 5.41) is 6.53. The fraction of sp³-hybridized carbons (Fsp3) is 0.400. The second kappa shape index (κ2) is 8.61. The molecule has 0 aliphatic rings. The van der Waals surface area contributed by atoms with Crippen molar-refractivity contribution < 1.29 is 9.53 Å². The van der Waals surface area contributed by atoms with Crippen molar-refractivity contribution in [2.24, 2.45) is 0 Å². The number of hydrogen-bond acceptors (Lipinski definition) is 3. The van der Waals surface area contributed by atoms with Gasteiger partial charge in [-0.3, -0.25) is 4.79 Å². The summed E-state index contributed by atoms with van der Waals surface area (Å²) in [7, 11) is 0. The van der Waals surface area contributed by atoms with Crippen LogP contribution in [0.15, 0.2) is 30.9 Å². The van der Waals surface area contributed by atoms with E-state index in [-0.39, 0.29) is 5.91 Å². The lowest BCUT2D eigenvalue weighted by Crippen LogP contribution is -2.36. The highest BCUT2D eigenvalue weighted by atomic mass is 35.5. The van der Waals surface area contributed by atoms with Crippen molar-refractivity contribution >= 4 is 17.5 Å². The standard InChI is InChI=1S/C15H21ClN2O2/c1-4-9-18-15(19)11(3)20-14-8-6-7-13(16)12(14)10-17-5-2/h4,6-8,11,17H,1,5,9-10H2,2-3H3,(H,18,19). The molecule has 0 saturated carbocycles. The number of carbonyl (C=O) groups excluding carboxylic acids is 1. The fourth-order valence-electron chi connectivity index (χ4n) is 1.63. The van der Waals surface area contributed by atoms with Crippen LogP contribution in [0, 0.1) is 0 Å². The van der Waals surface area contributed by atoms with Crippen LogP contribution in [0.5, 0.6) is 5.75 Å². The predicted octanol–water partition coefficient (Wildman–Crippen LogP) is 2.52. The maximum absolute atomic E-state index is 11.8. The minimum absolute atomic E-state index is 0.181. The summed E-state index contributed by atoms with van der Waals surface area (Å²) in [5.74, 6) is 0.443. The zero-order chi connectivity index (χ0) is 15.0. The first-order valence-electron chi connectivity index (χ1n) is 6.63. The van der Waals surface area contributed by atoms with Gasteiger partial charge in [-0.25, -0.2) is 0 Å². The molecule has 0 radical (unpaired) electrons. The molecule has 2 N–H and O–H groups in total. The monoisotopic (exact) mass is 296 g/mol. The molecule has 1 rings (SSSR count). The number of hydrogen-bond donors (Lipinski definition) is 2. The van der Waals surface area contributed by atoms with Gasteiger partial charge in [-0.1, -0.05) is 30.7 Å². The first-order chi connectivity index (χ1) is 9.60. The third-order valence-electron chi connectivity index (χ3n) is 2.72. The van der Waals surface area contributed by atoms with Crippen LogP contribution in [0.2, 0.25) is 5.02 Å². The molecule has 1 atom stereocenters. The van der Waals surface area contributed by atoms with Crippen LogP contribution in [0.1, 0.15) is 19.4 Å². The minimum Gasteiger partial charge on any atom is -0.481 e. The van der Waals surface area contributed by atoms with E-state index in [0.717, 1.165) is 12.1 Å².